The number of aromatic nitrogens is 2. The topological polar surface area (TPSA) is 87.5 Å². The Morgan fingerprint density at radius 3 is 2.90 bits per heavy atom. The number of aryl methyl sites for hydroxylation is 1. The van der Waals surface area contributed by atoms with Gasteiger partial charge in [-0.3, -0.25) is 4.79 Å². The summed E-state index contributed by atoms with van der Waals surface area (Å²) < 4.78 is 2.00. The second-order valence-electron chi connectivity index (χ2n) is 5.01. The van der Waals surface area contributed by atoms with E-state index in [1.54, 1.807) is 17.4 Å². The van der Waals surface area contributed by atoms with Crippen molar-refractivity contribution in [2.45, 2.75) is 25.8 Å². The summed E-state index contributed by atoms with van der Waals surface area (Å²) in [6.07, 6.45) is 7.83. The third-order valence-corrected chi connectivity index (χ3v) is 3.50. The molecule has 1 fully saturated rings. The van der Waals surface area contributed by atoms with E-state index >= 15 is 0 Å². The number of imidazole rings is 1. The lowest BCUT2D eigenvalue weighted by Crippen LogP contribution is -2.39. The van der Waals surface area contributed by atoms with Gasteiger partial charge in [0.25, 0.3) is 0 Å². The normalized spacial score (nSPS) is 18.2. The minimum absolute atomic E-state index is 0.156. The van der Waals surface area contributed by atoms with Crippen LogP contribution < -0.4 is 5.32 Å². The second kappa shape index (κ2) is 6.93. The van der Waals surface area contributed by atoms with Crippen LogP contribution in [0.1, 0.15) is 19.3 Å². The van der Waals surface area contributed by atoms with Crippen molar-refractivity contribution in [1.29, 1.82) is 0 Å². The van der Waals surface area contributed by atoms with Crippen LogP contribution in [0.2, 0.25) is 0 Å². The van der Waals surface area contributed by atoms with Crippen molar-refractivity contribution in [3.05, 3.63) is 18.7 Å². The number of urea groups is 1. The zero-order valence-electron chi connectivity index (χ0n) is 11.4. The van der Waals surface area contributed by atoms with Crippen molar-refractivity contribution in [3.63, 3.8) is 0 Å². The molecule has 1 aliphatic heterocycles. The molecule has 1 aromatic rings. The van der Waals surface area contributed by atoms with Gasteiger partial charge in [-0.15, -0.1) is 0 Å². The number of unbranched alkanes of at least 4 members (excludes halogenated alkanes) is 1. The summed E-state index contributed by atoms with van der Waals surface area (Å²) in [5.74, 6) is -1.23. The molecule has 2 heterocycles. The molecule has 1 atom stereocenters. The summed E-state index contributed by atoms with van der Waals surface area (Å²) in [5.41, 5.74) is 0. The highest BCUT2D eigenvalue weighted by Gasteiger charge is 2.30. The Balaban J connectivity index is 1.57. The van der Waals surface area contributed by atoms with E-state index in [0.29, 0.717) is 26.1 Å². The highest BCUT2D eigenvalue weighted by molar-refractivity contribution is 5.77. The maximum absolute atomic E-state index is 11.8. The number of hydrogen-bond acceptors (Lipinski definition) is 3. The SMILES string of the molecule is O=C(O)C1CCN(C(=O)NCCCCn2ccnc2)C1. The Hall–Kier alpha value is -2.05. The van der Waals surface area contributed by atoms with E-state index in [4.69, 9.17) is 5.11 Å². The maximum Gasteiger partial charge on any atom is 0.317 e. The van der Waals surface area contributed by atoms with Crippen LogP contribution in [-0.2, 0) is 11.3 Å². The van der Waals surface area contributed by atoms with Crippen molar-refractivity contribution < 1.29 is 14.7 Å². The average molecular weight is 280 g/mol. The Kier molecular flexibility index (Phi) is 4.97. The van der Waals surface area contributed by atoms with E-state index in [1.807, 2.05) is 10.8 Å². The van der Waals surface area contributed by atoms with Crippen LogP contribution in [0.15, 0.2) is 18.7 Å². The molecule has 2 rings (SSSR count). The fourth-order valence-electron chi connectivity index (χ4n) is 2.29. The Bertz CT molecular complexity index is 446. The fraction of sp³-hybridized carbons (Fsp3) is 0.615. The van der Waals surface area contributed by atoms with Gasteiger partial charge in [-0.1, -0.05) is 0 Å². The van der Waals surface area contributed by atoms with Crippen LogP contribution in [0.3, 0.4) is 0 Å². The van der Waals surface area contributed by atoms with Crippen molar-refractivity contribution in [2.24, 2.45) is 5.92 Å². The summed E-state index contributed by atoms with van der Waals surface area (Å²) in [4.78, 5) is 28.2. The van der Waals surface area contributed by atoms with E-state index in [9.17, 15) is 9.59 Å². The number of carbonyl (C=O) groups excluding carboxylic acids is 1. The molecular formula is C13H20N4O3. The van der Waals surface area contributed by atoms with Crippen LogP contribution in [0, 0.1) is 5.92 Å². The molecule has 1 aliphatic rings. The minimum Gasteiger partial charge on any atom is -0.481 e. The smallest absolute Gasteiger partial charge is 0.317 e. The number of rotatable bonds is 6. The zero-order chi connectivity index (χ0) is 14.4. The number of carboxylic acids is 1. The van der Waals surface area contributed by atoms with Gasteiger partial charge in [-0.2, -0.15) is 0 Å². The van der Waals surface area contributed by atoms with E-state index in [0.717, 1.165) is 19.4 Å². The van der Waals surface area contributed by atoms with Crippen LogP contribution in [-0.4, -0.2) is 51.2 Å². The zero-order valence-corrected chi connectivity index (χ0v) is 11.4. The number of carbonyl (C=O) groups is 2. The van der Waals surface area contributed by atoms with Crippen LogP contribution >= 0.6 is 0 Å². The molecule has 0 spiro atoms. The summed E-state index contributed by atoms with van der Waals surface area (Å²) in [5, 5.41) is 11.7. The quantitative estimate of drug-likeness (QED) is 0.754. The predicted molar refractivity (Wildman–Crippen MR) is 72.2 cm³/mol. The van der Waals surface area contributed by atoms with Crippen molar-refractivity contribution in [2.75, 3.05) is 19.6 Å². The van der Waals surface area contributed by atoms with E-state index in [-0.39, 0.29) is 6.03 Å². The minimum atomic E-state index is -0.819. The molecule has 7 heteroatoms. The van der Waals surface area contributed by atoms with Gasteiger partial charge in [-0.05, 0) is 19.3 Å². The first kappa shape index (κ1) is 14.4. The molecule has 7 nitrogen and oxygen atoms in total. The third-order valence-electron chi connectivity index (χ3n) is 3.50. The van der Waals surface area contributed by atoms with Crippen LogP contribution in [0.5, 0.6) is 0 Å². The molecule has 0 aliphatic carbocycles. The number of hydrogen-bond donors (Lipinski definition) is 2. The summed E-state index contributed by atoms with van der Waals surface area (Å²) >= 11 is 0. The van der Waals surface area contributed by atoms with Gasteiger partial charge >= 0.3 is 12.0 Å². The molecule has 0 radical (unpaired) electrons. The van der Waals surface area contributed by atoms with Gasteiger partial charge in [0.05, 0.1) is 12.2 Å². The second-order valence-corrected chi connectivity index (χ2v) is 5.01. The highest BCUT2D eigenvalue weighted by atomic mass is 16.4. The lowest BCUT2D eigenvalue weighted by molar-refractivity contribution is -0.141. The lowest BCUT2D eigenvalue weighted by atomic mass is 10.1. The molecule has 110 valence electrons. The largest absolute Gasteiger partial charge is 0.481 e. The number of nitrogens with zero attached hydrogens (tertiary/aromatic N) is 3. The van der Waals surface area contributed by atoms with Gasteiger partial charge in [0, 0.05) is 38.6 Å². The first-order chi connectivity index (χ1) is 9.66. The van der Waals surface area contributed by atoms with Gasteiger partial charge in [0.2, 0.25) is 0 Å². The first-order valence-electron chi connectivity index (χ1n) is 6.88. The van der Waals surface area contributed by atoms with E-state index in [2.05, 4.69) is 10.3 Å². The molecule has 1 unspecified atom stereocenters. The molecule has 0 saturated carbocycles. The molecule has 0 bridgehead atoms. The van der Waals surface area contributed by atoms with Crippen LogP contribution in [0.25, 0.3) is 0 Å². The summed E-state index contributed by atoms with van der Waals surface area (Å²) in [7, 11) is 0. The standard InChI is InChI=1S/C13H20N4O3/c18-12(19)11-3-7-17(9-11)13(20)15-4-1-2-6-16-8-5-14-10-16/h5,8,10-11H,1-4,6-7,9H2,(H,15,20)(H,18,19). The Morgan fingerprint density at radius 2 is 2.25 bits per heavy atom. The predicted octanol–water partition coefficient (Wildman–Crippen LogP) is 0.779. The monoisotopic (exact) mass is 280 g/mol. The summed E-state index contributed by atoms with van der Waals surface area (Å²) in [6, 6.07) is -0.156. The van der Waals surface area contributed by atoms with E-state index in [1.165, 1.54) is 0 Å². The first-order valence-corrected chi connectivity index (χ1v) is 6.88. The molecular weight excluding hydrogens is 260 g/mol. The Labute approximate surface area is 117 Å². The number of likely N-dealkylation sites (tertiary alicyclic amines) is 1. The number of carboxylic acid groups (broad SMARTS) is 1. The maximum atomic E-state index is 11.8. The van der Waals surface area contributed by atoms with Crippen LogP contribution in [0.4, 0.5) is 4.79 Å². The van der Waals surface area contributed by atoms with Gasteiger partial charge in [-0.25, -0.2) is 9.78 Å². The molecule has 2 amide bonds. The molecule has 0 aromatic carbocycles. The molecule has 1 aromatic heterocycles. The molecule has 1 saturated heterocycles. The number of aliphatic carboxylic acids is 1. The summed E-state index contributed by atoms with van der Waals surface area (Å²) in [6.45, 7) is 2.34. The Morgan fingerprint density at radius 1 is 1.40 bits per heavy atom. The molecule has 20 heavy (non-hydrogen) atoms. The van der Waals surface area contributed by atoms with E-state index < -0.39 is 11.9 Å². The van der Waals surface area contributed by atoms with Gasteiger partial charge < -0.3 is 19.9 Å². The van der Waals surface area contributed by atoms with Gasteiger partial charge in [0.1, 0.15) is 0 Å². The lowest BCUT2D eigenvalue weighted by Gasteiger charge is -2.16. The van der Waals surface area contributed by atoms with Crippen molar-refractivity contribution in [3.8, 4) is 0 Å². The van der Waals surface area contributed by atoms with Gasteiger partial charge in [0.15, 0.2) is 0 Å². The van der Waals surface area contributed by atoms with Crippen molar-refractivity contribution >= 4 is 12.0 Å². The fourth-order valence-corrected chi connectivity index (χ4v) is 2.29. The molecule has 2 N–H and O–H groups in total. The number of amides is 2. The highest BCUT2D eigenvalue weighted by Crippen LogP contribution is 2.15. The van der Waals surface area contributed by atoms with Crippen molar-refractivity contribution in [1.82, 2.24) is 19.8 Å². The third kappa shape index (κ3) is 3.97. The average Bonchev–Trinajstić information content (AvgIpc) is 3.09. The number of nitrogens with one attached hydrogen (secondary N) is 1.